The number of nitrogens with one attached hydrogen (secondary N) is 1. The third-order valence-electron chi connectivity index (χ3n) is 4.42. The Hall–Kier alpha value is -0.420. The van der Waals surface area contributed by atoms with E-state index in [0.717, 1.165) is 57.1 Å². The van der Waals surface area contributed by atoms with Crippen LogP contribution in [0.4, 0.5) is 4.79 Å². The van der Waals surface area contributed by atoms with Gasteiger partial charge in [0.2, 0.25) is 0 Å². The SMILES string of the molecule is CC[C@@H]1CN(C(=O)NC2CCN(CC(C)C)CC2)CCS1. The highest BCUT2D eigenvalue weighted by Gasteiger charge is 2.26. The van der Waals surface area contributed by atoms with Crippen molar-refractivity contribution in [2.24, 2.45) is 5.92 Å². The van der Waals surface area contributed by atoms with Gasteiger partial charge in [-0.05, 0) is 25.2 Å². The lowest BCUT2D eigenvalue weighted by molar-refractivity contribution is 0.164. The Balaban J connectivity index is 1.71. The van der Waals surface area contributed by atoms with Crippen LogP contribution in [0.25, 0.3) is 0 Å². The van der Waals surface area contributed by atoms with Crippen LogP contribution in [0.5, 0.6) is 0 Å². The molecule has 0 radical (unpaired) electrons. The number of carbonyl (C=O) groups is 1. The number of hydrogen-bond acceptors (Lipinski definition) is 3. The zero-order valence-electron chi connectivity index (χ0n) is 13.8. The third-order valence-corrected chi connectivity index (χ3v) is 5.79. The maximum absolute atomic E-state index is 12.4. The molecule has 4 nitrogen and oxygen atoms in total. The Kier molecular flexibility index (Phi) is 6.68. The molecule has 2 aliphatic heterocycles. The quantitative estimate of drug-likeness (QED) is 0.867. The van der Waals surface area contributed by atoms with Gasteiger partial charge in [0.25, 0.3) is 0 Å². The number of piperidine rings is 1. The van der Waals surface area contributed by atoms with Crippen molar-refractivity contribution in [3.8, 4) is 0 Å². The zero-order valence-corrected chi connectivity index (χ0v) is 14.6. The van der Waals surface area contributed by atoms with Gasteiger partial charge in [0, 0.05) is 49.8 Å². The van der Waals surface area contributed by atoms with Crippen molar-refractivity contribution < 1.29 is 4.79 Å². The molecule has 2 saturated heterocycles. The van der Waals surface area contributed by atoms with Gasteiger partial charge < -0.3 is 15.1 Å². The van der Waals surface area contributed by atoms with Crippen LogP contribution in [0, 0.1) is 5.92 Å². The number of amides is 2. The number of nitrogens with zero attached hydrogens (tertiary/aromatic N) is 2. The van der Waals surface area contributed by atoms with Gasteiger partial charge in [0.1, 0.15) is 0 Å². The maximum atomic E-state index is 12.4. The van der Waals surface area contributed by atoms with Crippen molar-refractivity contribution >= 4 is 17.8 Å². The van der Waals surface area contributed by atoms with E-state index >= 15 is 0 Å². The first-order valence-corrected chi connectivity index (χ1v) is 9.52. The van der Waals surface area contributed by atoms with Gasteiger partial charge in [0.15, 0.2) is 0 Å². The van der Waals surface area contributed by atoms with Crippen LogP contribution >= 0.6 is 11.8 Å². The van der Waals surface area contributed by atoms with Crippen LogP contribution in [-0.2, 0) is 0 Å². The summed E-state index contributed by atoms with van der Waals surface area (Å²) in [5.74, 6) is 1.81. The number of thioether (sulfide) groups is 1. The molecule has 0 aliphatic carbocycles. The molecule has 21 heavy (non-hydrogen) atoms. The predicted molar refractivity (Wildman–Crippen MR) is 90.9 cm³/mol. The first kappa shape index (κ1) is 16.9. The van der Waals surface area contributed by atoms with Gasteiger partial charge in [-0.15, -0.1) is 0 Å². The fourth-order valence-electron chi connectivity index (χ4n) is 3.19. The van der Waals surface area contributed by atoms with Gasteiger partial charge in [-0.3, -0.25) is 0 Å². The van der Waals surface area contributed by atoms with E-state index in [0.29, 0.717) is 11.3 Å². The summed E-state index contributed by atoms with van der Waals surface area (Å²) in [5, 5.41) is 3.88. The van der Waals surface area contributed by atoms with E-state index in [1.165, 1.54) is 6.54 Å². The molecular formula is C16H31N3OS. The van der Waals surface area contributed by atoms with E-state index in [4.69, 9.17) is 0 Å². The molecule has 0 spiro atoms. The van der Waals surface area contributed by atoms with Gasteiger partial charge in [-0.25, -0.2) is 4.79 Å². The molecule has 0 unspecified atom stereocenters. The fraction of sp³-hybridized carbons (Fsp3) is 0.938. The van der Waals surface area contributed by atoms with Crippen LogP contribution in [0.15, 0.2) is 0 Å². The first-order chi connectivity index (χ1) is 10.1. The van der Waals surface area contributed by atoms with E-state index in [-0.39, 0.29) is 6.03 Å². The summed E-state index contributed by atoms with van der Waals surface area (Å²) < 4.78 is 0. The summed E-state index contributed by atoms with van der Waals surface area (Å²) in [7, 11) is 0. The molecule has 2 fully saturated rings. The van der Waals surface area contributed by atoms with Gasteiger partial charge in [-0.1, -0.05) is 20.8 Å². The summed E-state index contributed by atoms with van der Waals surface area (Å²) in [4.78, 5) is 16.9. The lowest BCUT2D eigenvalue weighted by atomic mass is 10.0. The Morgan fingerprint density at radius 1 is 1.29 bits per heavy atom. The Morgan fingerprint density at radius 3 is 2.62 bits per heavy atom. The van der Waals surface area contributed by atoms with Crippen molar-refractivity contribution in [1.29, 1.82) is 0 Å². The van der Waals surface area contributed by atoms with Gasteiger partial charge in [-0.2, -0.15) is 11.8 Å². The minimum atomic E-state index is 0.163. The predicted octanol–water partition coefficient (Wildman–Crippen LogP) is 2.64. The average Bonchev–Trinajstić information content (AvgIpc) is 2.49. The molecule has 2 amide bonds. The molecule has 0 saturated carbocycles. The molecule has 2 aliphatic rings. The van der Waals surface area contributed by atoms with Crippen molar-refractivity contribution in [1.82, 2.24) is 15.1 Å². The minimum absolute atomic E-state index is 0.163. The third kappa shape index (κ3) is 5.37. The molecule has 2 heterocycles. The molecule has 0 aromatic carbocycles. The Morgan fingerprint density at radius 2 is 2.00 bits per heavy atom. The molecule has 2 rings (SSSR count). The maximum Gasteiger partial charge on any atom is 0.317 e. The summed E-state index contributed by atoms with van der Waals surface area (Å²) in [5.41, 5.74) is 0. The molecule has 5 heteroatoms. The zero-order chi connectivity index (χ0) is 15.2. The Bertz CT molecular complexity index is 329. The summed E-state index contributed by atoms with van der Waals surface area (Å²) in [6.45, 7) is 12.0. The van der Waals surface area contributed by atoms with Crippen LogP contribution < -0.4 is 5.32 Å². The molecule has 0 aromatic rings. The van der Waals surface area contributed by atoms with Crippen molar-refractivity contribution in [3.63, 3.8) is 0 Å². The van der Waals surface area contributed by atoms with E-state index in [1.54, 1.807) is 0 Å². The molecular weight excluding hydrogens is 282 g/mol. The summed E-state index contributed by atoms with van der Waals surface area (Å²) in [6, 6.07) is 0.534. The largest absolute Gasteiger partial charge is 0.335 e. The second kappa shape index (κ2) is 8.28. The van der Waals surface area contributed by atoms with Gasteiger partial charge >= 0.3 is 6.03 Å². The standard InChI is InChI=1S/C16H31N3OS/c1-4-15-12-19(9-10-21-15)16(20)17-14-5-7-18(8-6-14)11-13(2)3/h13-15H,4-12H2,1-3H3,(H,17,20)/t15-/m1/s1. The van der Waals surface area contributed by atoms with Crippen LogP contribution in [0.1, 0.15) is 40.0 Å². The average molecular weight is 314 g/mol. The molecule has 0 aromatic heterocycles. The van der Waals surface area contributed by atoms with Crippen LogP contribution in [0.3, 0.4) is 0 Å². The second-order valence-corrected chi connectivity index (χ2v) is 8.17. The monoisotopic (exact) mass is 313 g/mol. The number of hydrogen-bond donors (Lipinski definition) is 1. The molecule has 122 valence electrons. The molecule has 1 atom stereocenters. The highest BCUT2D eigenvalue weighted by atomic mass is 32.2. The van der Waals surface area contributed by atoms with Crippen molar-refractivity contribution in [2.45, 2.75) is 51.3 Å². The lowest BCUT2D eigenvalue weighted by Gasteiger charge is -2.36. The van der Waals surface area contributed by atoms with E-state index in [9.17, 15) is 4.79 Å². The summed E-state index contributed by atoms with van der Waals surface area (Å²) >= 11 is 2.01. The van der Waals surface area contributed by atoms with Gasteiger partial charge in [0.05, 0.1) is 0 Å². The highest BCUT2D eigenvalue weighted by Crippen LogP contribution is 2.21. The van der Waals surface area contributed by atoms with E-state index in [2.05, 4.69) is 31.0 Å². The van der Waals surface area contributed by atoms with Crippen molar-refractivity contribution in [3.05, 3.63) is 0 Å². The second-order valence-electron chi connectivity index (χ2n) is 6.77. The van der Waals surface area contributed by atoms with Crippen LogP contribution in [-0.4, -0.2) is 65.6 Å². The first-order valence-electron chi connectivity index (χ1n) is 8.47. The number of rotatable bonds is 4. The summed E-state index contributed by atoms with van der Waals surface area (Å²) in [6.07, 6.45) is 3.35. The fourth-order valence-corrected chi connectivity index (χ4v) is 4.37. The number of urea groups is 1. The highest BCUT2D eigenvalue weighted by molar-refractivity contribution is 8.00. The normalized spacial score (nSPS) is 25.3. The van der Waals surface area contributed by atoms with Crippen molar-refractivity contribution in [2.75, 3.05) is 38.5 Å². The minimum Gasteiger partial charge on any atom is -0.335 e. The topological polar surface area (TPSA) is 35.6 Å². The van der Waals surface area contributed by atoms with E-state index < -0.39 is 0 Å². The number of likely N-dealkylation sites (tertiary alicyclic amines) is 1. The Labute approximate surface area is 134 Å². The van der Waals surface area contributed by atoms with E-state index in [1.807, 2.05) is 16.7 Å². The molecule has 0 bridgehead atoms. The smallest absolute Gasteiger partial charge is 0.317 e. The lowest BCUT2D eigenvalue weighted by Crippen LogP contribution is -2.52. The molecule has 1 N–H and O–H groups in total. The van der Waals surface area contributed by atoms with Crippen LogP contribution in [0.2, 0.25) is 0 Å². The number of carbonyl (C=O) groups excluding carboxylic acids is 1.